The molecule has 64 valence electrons. The quantitative estimate of drug-likeness (QED) is 0.739. The van der Waals surface area contributed by atoms with Crippen LogP contribution in [-0.4, -0.2) is 10.7 Å². The van der Waals surface area contributed by atoms with Gasteiger partial charge in [0, 0.05) is 11.2 Å². The van der Waals surface area contributed by atoms with Crippen LogP contribution >= 0.6 is 24.2 Å². The van der Waals surface area contributed by atoms with E-state index in [4.69, 9.17) is 11.6 Å². The zero-order chi connectivity index (χ0) is 8.81. The number of thiol groups is 1. The Morgan fingerprint density at radius 3 is 3.08 bits per heavy atom. The number of pyridine rings is 1. The van der Waals surface area contributed by atoms with Crippen LogP contribution in [0.25, 0.3) is 6.08 Å². The highest BCUT2D eigenvalue weighted by Crippen LogP contribution is 2.09. The first-order chi connectivity index (χ1) is 5.83. The van der Waals surface area contributed by atoms with Gasteiger partial charge in [-0.3, -0.25) is 4.98 Å². The van der Waals surface area contributed by atoms with Crippen molar-refractivity contribution in [1.29, 1.82) is 0 Å². The summed E-state index contributed by atoms with van der Waals surface area (Å²) in [6.07, 6.45) is 6.63. The van der Waals surface area contributed by atoms with Gasteiger partial charge in [-0.15, -0.1) is 0 Å². The fourth-order valence-electron chi connectivity index (χ4n) is 0.791. The predicted octanol–water partition coefficient (Wildman–Crippen LogP) is 3.07. The lowest BCUT2D eigenvalue weighted by atomic mass is 10.3. The Kier molecular flexibility index (Phi) is 4.19. The van der Waals surface area contributed by atoms with Crippen molar-refractivity contribution in [3.8, 4) is 0 Å². The molecule has 0 saturated heterocycles. The summed E-state index contributed by atoms with van der Waals surface area (Å²) < 4.78 is 0. The molecule has 0 aliphatic carbocycles. The Bertz CT molecular complexity index is 273. The van der Waals surface area contributed by atoms with Crippen molar-refractivity contribution in [1.82, 2.24) is 4.98 Å². The zero-order valence-electron chi connectivity index (χ0n) is 6.57. The average Bonchev–Trinajstić information content (AvgIpc) is 2.05. The van der Waals surface area contributed by atoms with Crippen molar-refractivity contribution in [3.63, 3.8) is 0 Å². The predicted molar refractivity (Wildman–Crippen MR) is 56.8 cm³/mol. The van der Waals surface area contributed by atoms with Gasteiger partial charge in [-0.05, 0) is 30.4 Å². The summed E-state index contributed by atoms with van der Waals surface area (Å²) in [5.74, 6) is 0.858. The summed E-state index contributed by atoms with van der Waals surface area (Å²) in [4.78, 5) is 4.12. The molecule has 1 rings (SSSR count). The van der Waals surface area contributed by atoms with Crippen LogP contribution in [0.15, 0.2) is 24.4 Å². The second-order valence-electron chi connectivity index (χ2n) is 2.31. The fraction of sp³-hybridized carbons (Fsp3) is 0.222. The summed E-state index contributed by atoms with van der Waals surface area (Å²) >= 11 is 9.86. The molecule has 3 heteroatoms. The Hall–Kier alpha value is -0.470. The number of halogens is 1. The summed E-state index contributed by atoms with van der Waals surface area (Å²) in [6, 6.07) is 3.59. The Labute approximate surface area is 82.9 Å². The van der Waals surface area contributed by atoms with Gasteiger partial charge in [0.05, 0.1) is 5.69 Å². The lowest BCUT2D eigenvalue weighted by Gasteiger charge is -1.92. The minimum Gasteiger partial charge on any atom is -0.257 e. The van der Waals surface area contributed by atoms with E-state index >= 15 is 0 Å². The number of aromatic nitrogens is 1. The Balaban J connectivity index is 2.63. The van der Waals surface area contributed by atoms with E-state index in [-0.39, 0.29) is 0 Å². The van der Waals surface area contributed by atoms with E-state index in [1.165, 1.54) is 0 Å². The number of hydrogen-bond acceptors (Lipinski definition) is 2. The van der Waals surface area contributed by atoms with Gasteiger partial charge < -0.3 is 0 Å². The SMILES string of the molecule is SCCC=Cc1cc(Cl)ccn1. The largest absolute Gasteiger partial charge is 0.257 e. The number of nitrogens with zero attached hydrogens (tertiary/aromatic N) is 1. The lowest BCUT2D eigenvalue weighted by Crippen LogP contribution is -1.78. The van der Waals surface area contributed by atoms with Gasteiger partial charge in [-0.2, -0.15) is 12.6 Å². The third-order valence-corrected chi connectivity index (χ3v) is 1.82. The maximum Gasteiger partial charge on any atom is 0.0641 e. The molecule has 0 N–H and O–H groups in total. The van der Waals surface area contributed by atoms with Crippen molar-refractivity contribution in [2.24, 2.45) is 0 Å². The van der Waals surface area contributed by atoms with Gasteiger partial charge in [0.2, 0.25) is 0 Å². The molecule has 0 unspecified atom stereocenters. The van der Waals surface area contributed by atoms with E-state index in [1.807, 2.05) is 18.2 Å². The molecule has 0 saturated carbocycles. The van der Waals surface area contributed by atoms with E-state index in [0.717, 1.165) is 22.9 Å². The zero-order valence-corrected chi connectivity index (χ0v) is 8.22. The molecule has 0 atom stereocenters. The number of hydrogen-bond donors (Lipinski definition) is 1. The van der Waals surface area contributed by atoms with Crippen molar-refractivity contribution < 1.29 is 0 Å². The smallest absolute Gasteiger partial charge is 0.0641 e. The molecular weight excluding hydrogens is 190 g/mol. The van der Waals surface area contributed by atoms with Crippen molar-refractivity contribution in [3.05, 3.63) is 35.1 Å². The minimum atomic E-state index is 0.718. The molecule has 0 radical (unpaired) electrons. The molecule has 0 fully saturated rings. The second kappa shape index (κ2) is 5.22. The lowest BCUT2D eigenvalue weighted by molar-refractivity contribution is 1.24. The van der Waals surface area contributed by atoms with E-state index in [1.54, 1.807) is 12.3 Å². The third kappa shape index (κ3) is 3.28. The second-order valence-corrected chi connectivity index (χ2v) is 3.20. The molecule has 12 heavy (non-hydrogen) atoms. The molecule has 0 bridgehead atoms. The van der Waals surface area contributed by atoms with Crippen LogP contribution < -0.4 is 0 Å². The highest BCUT2D eigenvalue weighted by Gasteiger charge is 1.88. The maximum atomic E-state index is 5.77. The topological polar surface area (TPSA) is 12.9 Å². The molecule has 0 aliphatic rings. The van der Waals surface area contributed by atoms with Crippen molar-refractivity contribution >= 4 is 30.3 Å². The molecule has 1 nitrogen and oxygen atoms in total. The van der Waals surface area contributed by atoms with Gasteiger partial charge in [-0.1, -0.05) is 17.7 Å². The van der Waals surface area contributed by atoms with Gasteiger partial charge >= 0.3 is 0 Å². The summed E-state index contributed by atoms with van der Waals surface area (Å²) in [6.45, 7) is 0. The number of rotatable bonds is 3. The summed E-state index contributed by atoms with van der Waals surface area (Å²) in [5, 5.41) is 0.718. The highest BCUT2D eigenvalue weighted by atomic mass is 35.5. The van der Waals surface area contributed by atoms with Crippen LogP contribution in [0.4, 0.5) is 0 Å². The van der Waals surface area contributed by atoms with Crippen LogP contribution in [-0.2, 0) is 0 Å². The monoisotopic (exact) mass is 199 g/mol. The first-order valence-electron chi connectivity index (χ1n) is 3.72. The van der Waals surface area contributed by atoms with Gasteiger partial charge in [0.25, 0.3) is 0 Å². The highest BCUT2D eigenvalue weighted by molar-refractivity contribution is 7.80. The van der Waals surface area contributed by atoms with Crippen LogP contribution in [0.5, 0.6) is 0 Å². The molecule has 0 aromatic carbocycles. The Morgan fingerprint density at radius 1 is 1.58 bits per heavy atom. The molecule has 1 aromatic heterocycles. The molecular formula is C9H10ClNS. The molecule has 0 amide bonds. The van der Waals surface area contributed by atoms with E-state index < -0.39 is 0 Å². The maximum absolute atomic E-state index is 5.77. The average molecular weight is 200 g/mol. The van der Waals surface area contributed by atoms with Crippen LogP contribution in [0, 0.1) is 0 Å². The van der Waals surface area contributed by atoms with Crippen molar-refractivity contribution in [2.75, 3.05) is 5.75 Å². The standard InChI is InChI=1S/C9H10ClNS/c10-8-4-5-11-9(7-8)3-1-2-6-12/h1,3-5,7,12H,2,6H2. The fourth-order valence-corrected chi connectivity index (χ4v) is 1.11. The van der Waals surface area contributed by atoms with E-state index in [9.17, 15) is 0 Å². The van der Waals surface area contributed by atoms with Crippen molar-refractivity contribution in [2.45, 2.75) is 6.42 Å². The first kappa shape index (κ1) is 9.62. The first-order valence-corrected chi connectivity index (χ1v) is 4.73. The third-order valence-electron chi connectivity index (χ3n) is 1.33. The summed E-state index contributed by atoms with van der Waals surface area (Å²) in [7, 11) is 0. The molecule has 1 heterocycles. The Morgan fingerprint density at radius 2 is 2.42 bits per heavy atom. The minimum absolute atomic E-state index is 0.718. The van der Waals surface area contributed by atoms with Crippen LogP contribution in [0.3, 0.4) is 0 Å². The molecule has 0 aliphatic heterocycles. The van der Waals surface area contributed by atoms with Gasteiger partial charge in [0.15, 0.2) is 0 Å². The van der Waals surface area contributed by atoms with Crippen LogP contribution in [0.2, 0.25) is 5.02 Å². The molecule has 0 spiro atoms. The van der Waals surface area contributed by atoms with Gasteiger partial charge in [0.1, 0.15) is 0 Å². The summed E-state index contributed by atoms with van der Waals surface area (Å²) in [5.41, 5.74) is 0.893. The van der Waals surface area contributed by atoms with Gasteiger partial charge in [-0.25, -0.2) is 0 Å². The van der Waals surface area contributed by atoms with E-state index in [0.29, 0.717) is 0 Å². The normalized spacial score (nSPS) is 10.8. The van der Waals surface area contributed by atoms with E-state index in [2.05, 4.69) is 17.6 Å². The molecule has 1 aromatic rings. The number of allylic oxidation sites excluding steroid dienone is 1. The van der Waals surface area contributed by atoms with Crippen LogP contribution in [0.1, 0.15) is 12.1 Å².